The van der Waals surface area contributed by atoms with E-state index in [9.17, 15) is 14.0 Å². The Morgan fingerprint density at radius 3 is 2.41 bits per heavy atom. The first-order valence-corrected chi connectivity index (χ1v) is 13.1. The summed E-state index contributed by atoms with van der Waals surface area (Å²) in [5, 5.41) is 5.31. The van der Waals surface area contributed by atoms with Gasteiger partial charge in [0.1, 0.15) is 5.82 Å². The Kier molecular flexibility index (Phi) is 7.53. The molecule has 194 valence electrons. The minimum absolute atomic E-state index is 0.125. The highest BCUT2D eigenvalue weighted by Crippen LogP contribution is 2.29. The number of halogens is 1. The van der Waals surface area contributed by atoms with Gasteiger partial charge in [-0.1, -0.05) is 36.4 Å². The predicted octanol–water partition coefficient (Wildman–Crippen LogP) is 4.22. The lowest BCUT2D eigenvalue weighted by Crippen LogP contribution is -2.49. The molecule has 3 aromatic rings. The number of piperidine rings is 1. The zero-order valence-electron chi connectivity index (χ0n) is 21.6. The van der Waals surface area contributed by atoms with Crippen LogP contribution in [0.1, 0.15) is 18.4 Å². The number of likely N-dealkylation sites (tertiary alicyclic amines) is 2. The first kappa shape index (κ1) is 25.4. The van der Waals surface area contributed by atoms with E-state index in [0.29, 0.717) is 37.8 Å². The molecular formula is C30H35FN4O2. The minimum Gasteiger partial charge on any atom is -0.341 e. The monoisotopic (exact) mass is 502 g/mol. The van der Waals surface area contributed by atoms with Crippen molar-refractivity contribution in [3.8, 4) is 0 Å². The van der Waals surface area contributed by atoms with E-state index in [0.717, 1.165) is 19.5 Å². The van der Waals surface area contributed by atoms with Gasteiger partial charge in [-0.15, -0.1) is 0 Å². The van der Waals surface area contributed by atoms with Gasteiger partial charge < -0.3 is 15.1 Å². The molecule has 37 heavy (non-hydrogen) atoms. The lowest BCUT2D eigenvalue weighted by atomic mass is 9.87. The third-order valence-electron chi connectivity index (χ3n) is 7.78. The molecule has 3 atom stereocenters. The first-order chi connectivity index (χ1) is 17.9. The summed E-state index contributed by atoms with van der Waals surface area (Å²) in [7, 11) is 4.11. The quantitative estimate of drug-likeness (QED) is 0.549. The number of carbonyl (C=O) groups excluding carboxylic acids is 2. The van der Waals surface area contributed by atoms with Crippen LogP contribution in [0.2, 0.25) is 0 Å². The van der Waals surface area contributed by atoms with Crippen LogP contribution in [0.25, 0.3) is 10.8 Å². The van der Waals surface area contributed by atoms with Crippen LogP contribution < -0.4 is 5.32 Å². The molecule has 6 nitrogen and oxygen atoms in total. The van der Waals surface area contributed by atoms with Gasteiger partial charge in [0.05, 0.1) is 11.8 Å². The van der Waals surface area contributed by atoms with Crippen molar-refractivity contribution >= 4 is 28.3 Å². The Morgan fingerprint density at radius 2 is 1.68 bits per heavy atom. The summed E-state index contributed by atoms with van der Waals surface area (Å²) < 4.78 is 13.3. The van der Waals surface area contributed by atoms with Crippen molar-refractivity contribution in [3.05, 3.63) is 78.1 Å². The summed E-state index contributed by atoms with van der Waals surface area (Å²) in [4.78, 5) is 33.3. The molecule has 2 fully saturated rings. The highest BCUT2D eigenvalue weighted by Gasteiger charge is 2.39. The lowest BCUT2D eigenvalue weighted by Gasteiger charge is -2.38. The molecule has 0 unspecified atom stereocenters. The Labute approximate surface area is 218 Å². The summed E-state index contributed by atoms with van der Waals surface area (Å²) in [5.41, 5.74) is 1.73. The van der Waals surface area contributed by atoms with Gasteiger partial charge in [0.2, 0.25) is 11.8 Å². The van der Waals surface area contributed by atoms with Crippen molar-refractivity contribution in [2.24, 2.45) is 11.8 Å². The van der Waals surface area contributed by atoms with E-state index in [-0.39, 0.29) is 29.5 Å². The average Bonchev–Trinajstić information content (AvgIpc) is 3.40. The fourth-order valence-corrected chi connectivity index (χ4v) is 5.68. The molecule has 2 heterocycles. The summed E-state index contributed by atoms with van der Waals surface area (Å²) in [6, 6.07) is 20.9. The van der Waals surface area contributed by atoms with Crippen molar-refractivity contribution in [3.63, 3.8) is 0 Å². The van der Waals surface area contributed by atoms with E-state index in [1.165, 1.54) is 28.5 Å². The van der Waals surface area contributed by atoms with Crippen LogP contribution in [0.4, 0.5) is 10.1 Å². The molecule has 0 saturated carbocycles. The normalized spacial score (nSPS) is 22.5. The Balaban J connectivity index is 1.33. The molecule has 5 rings (SSSR count). The number of amides is 2. The van der Waals surface area contributed by atoms with Crippen molar-refractivity contribution in [1.29, 1.82) is 0 Å². The molecule has 3 aromatic carbocycles. The Hall–Kier alpha value is -3.29. The van der Waals surface area contributed by atoms with Crippen LogP contribution in [-0.2, 0) is 16.1 Å². The van der Waals surface area contributed by atoms with Crippen molar-refractivity contribution in [2.45, 2.75) is 25.4 Å². The fraction of sp³-hybridized carbons (Fsp3) is 0.400. The maximum absolute atomic E-state index is 13.6. The Morgan fingerprint density at radius 1 is 0.946 bits per heavy atom. The third kappa shape index (κ3) is 6.00. The number of hydrogen-bond donors (Lipinski definition) is 1. The second-order valence-electron chi connectivity index (χ2n) is 10.7. The molecule has 2 aliphatic heterocycles. The summed E-state index contributed by atoms with van der Waals surface area (Å²) in [5.74, 6) is -0.892. The summed E-state index contributed by atoms with van der Waals surface area (Å²) >= 11 is 0. The van der Waals surface area contributed by atoms with Crippen LogP contribution in [0.5, 0.6) is 0 Å². The van der Waals surface area contributed by atoms with Crippen LogP contribution in [0, 0.1) is 17.7 Å². The molecule has 0 radical (unpaired) electrons. The van der Waals surface area contributed by atoms with Crippen LogP contribution in [-0.4, -0.2) is 72.8 Å². The smallest absolute Gasteiger partial charge is 0.228 e. The largest absolute Gasteiger partial charge is 0.341 e. The summed E-state index contributed by atoms with van der Waals surface area (Å²) in [6.07, 6.45) is 1.49. The number of nitrogens with zero attached hydrogens (tertiary/aromatic N) is 3. The number of fused-ring (bicyclic) bond motifs is 1. The second kappa shape index (κ2) is 11.0. The van der Waals surface area contributed by atoms with Gasteiger partial charge in [-0.3, -0.25) is 14.5 Å². The second-order valence-corrected chi connectivity index (χ2v) is 10.7. The molecule has 2 aliphatic rings. The fourth-order valence-electron chi connectivity index (χ4n) is 5.68. The molecule has 0 bridgehead atoms. The molecule has 0 aliphatic carbocycles. The van der Waals surface area contributed by atoms with Crippen LogP contribution in [0.15, 0.2) is 66.7 Å². The number of hydrogen-bond acceptors (Lipinski definition) is 4. The SMILES string of the molecule is CN(C)[C@H]1CCN(C(=O)[C@H]2C[C@@H](C(=O)Nc3ccc(F)cc3)CN(Cc3ccc4ccccc4c3)C2)C1. The number of likely N-dealkylation sites (N-methyl/N-ethyl adjacent to an activating group) is 1. The zero-order valence-corrected chi connectivity index (χ0v) is 21.6. The third-order valence-corrected chi connectivity index (χ3v) is 7.78. The predicted molar refractivity (Wildman–Crippen MR) is 145 cm³/mol. The lowest BCUT2D eigenvalue weighted by molar-refractivity contribution is -0.138. The number of rotatable bonds is 6. The maximum atomic E-state index is 13.6. The first-order valence-electron chi connectivity index (χ1n) is 13.1. The van der Waals surface area contributed by atoms with Gasteiger partial charge in [-0.2, -0.15) is 0 Å². The molecule has 2 amide bonds. The van der Waals surface area contributed by atoms with Gasteiger partial charge in [0, 0.05) is 44.5 Å². The van der Waals surface area contributed by atoms with E-state index in [2.05, 4.69) is 59.5 Å². The number of anilines is 1. The summed E-state index contributed by atoms with van der Waals surface area (Å²) in [6.45, 7) is 3.38. The average molecular weight is 503 g/mol. The maximum Gasteiger partial charge on any atom is 0.228 e. The zero-order chi connectivity index (χ0) is 25.9. The van der Waals surface area contributed by atoms with Crippen molar-refractivity contribution in [1.82, 2.24) is 14.7 Å². The standard InChI is InChI=1S/C30H35FN4O2/c1-33(2)28-13-14-35(20-28)30(37)25-16-24(29(36)32-27-11-9-26(31)10-12-27)18-34(19-25)17-21-7-8-22-5-3-4-6-23(22)15-21/h3-12,15,24-25,28H,13-14,16-20H2,1-2H3,(H,32,36)/t24-,25+,28+/m1/s1. The molecule has 7 heteroatoms. The van der Waals surface area contributed by atoms with Gasteiger partial charge >= 0.3 is 0 Å². The van der Waals surface area contributed by atoms with Crippen LogP contribution in [0.3, 0.4) is 0 Å². The molecule has 0 aromatic heterocycles. The Bertz CT molecular complexity index is 1260. The van der Waals surface area contributed by atoms with Crippen LogP contribution >= 0.6 is 0 Å². The van der Waals surface area contributed by atoms with Gasteiger partial charge in [-0.05, 0) is 73.6 Å². The molecule has 2 saturated heterocycles. The highest BCUT2D eigenvalue weighted by atomic mass is 19.1. The van der Waals surface area contributed by atoms with E-state index in [1.807, 2.05) is 17.0 Å². The molecular weight excluding hydrogens is 467 g/mol. The van der Waals surface area contributed by atoms with E-state index in [1.54, 1.807) is 12.1 Å². The number of carbonyl (C=O) groups is 2. The van der Waals surface area contributed by atoms with E-state index < -0.39 is 0 Å². The van der Waals surface area contributed by atoms with Gasteiger partial charge in [0.25, 0.3) is 0 Å². The van der Waals surface area contributed by atoms with E-state index in [4.69, 9.17) is 0 Å². The molecule has 1 N–H and O–H groups in total. The van der Waals surface area contributed by atoms with E-state index >= 15 is 0 Å². The van der Waals surface area contributed by atoms with Gasteiger partial charge in [0.15, 0.2) is 0 Å². The molecule has 0 spiro atoms. The topological polar surface area (TPSA) is 55.9 Å². The van der Waals surface area contributed by atoms with Crippen molar-refractivity contribution < 1.29 is 14.0 Å². The van der Waals surface area contributed by atoms with Gasteiger partial charge in [-0.25, -0.2) is 4.39 Å². The number of benzene rings is 3. The highest BCUT2D eigenvalue weighted by molar-refractivity contribution is 5.93. The van der Waals surface area contributed by atoms with Crippen molar-refractivity contribution in [2.75, 3.05) is 45.6 Å². The number of nitrogens with one attached hydrogen (secondary N) is 1. The minimum atomic E-state index is -0.343.